The van der Waals surface area contributed by atoms with E-state index in [1.807, 2.05) is 6.92 Å². The number of nitrogens with zero attached hydrogens (tertiary/aromatic N) is 1. The number of imidazole rings is 1. The fourth-order valence-corrected chi connectivity index (χ4v) is 2.73. The van der Waals surface area contributed by atoms with Gasteiger partial charge in [-0.15, -0.1) is 0 Å². The van der Waals surface area contributed by atoms with Crippen LogP contribution in [-0.2, 0) is 0 Å². The highest BCUT2D eigenvalue weighted by Gasteiger charge is 2.41. The van der Waals surface area contributed by atoms with Crippen LogP contribution in [0.15, 0.2) is 12.4 Å². The van der Waals surface area contributed by atoms with Gasteiger partial charge in [0.1, 0.15) is 5.82 Å². The molecule has 6 heteroatoms. The Balaban J connectivity index is 1.85. The number of halogens is 3. The Morgan fingerprint density at radius 2 is 2.05 bits per heavy atom. The Bertz CT molecular complexity index is 367. The van der Waals surface area contributed by atoms with Crippen LogP contribution in [0.5, 0.6) is 0 Å². The van der Waals surface area contributed by atoms with Crippen LogP contribution in [-0.4, -0.2) is 22.2 Å². The van der Waals surface area contributed by atoms with Gasteiger partial charge in [0, 0.05) is 18.4 Å². The zero-order valence-corrected chi connectivity index (χ0v) is 11.0. The number of rotatable bonds is 4. The fraction of sp³-hybridized carbons (Fsp3) is 0.769. The van der Waals surface area contributed by atoms with Gasteiger partial charge < -0.3 is 10.3 Å². The van der Waals surface area contributed by atoms with Gasteiger partial charge in [0.15, 0.2) is 0 Å². The molecule has 108 valence electrons. The molecule has 19 heavy (non-hydrogen) atoms. The zero-order valence-electron chi connectivity index (χ0n) is 11.0. The Morgan fingerprint density at radius 1 is 1.37 bits per heavy atom. The van der Waals surface area contributed by atoms with Crippen molar-refractivity contribution in [1.82, 2.24) is 15.3 Å². The summed E-state index contributed by atoms with van der Waals surface area (Å²) in [6.45, 7) is 2.04. The average molecular weight is 275 g/mol. The van der Waals surface area contributed by atoms with Crippen LogP contribution in [0.4, 0.5) is 13.2 Å². The van der Waals surface area contributed by atoms with Crippen molar-refractivity contribution in [2.45, 2.75) is 57.3 Å². The summed E-state index contributed by atoms with van der Waals surface area (Å²) >= 11 is 0. The molecule has 0 saturated heterocycles. The van der Waals surface area contributed by atoms with Crippen molar-refractivity contribution in [1.29, 1.82) is 0 Å². The fourth-order valence-electron chi connectivity index (χ4n) is 2.73. The monoisotopic (exact) mass is 275 g/mol. The SMILES string of the molecule is CCC(NC1CCC(C(F)(F)F)CC1)c1ncc[nH]1. The van der Waals surface area contributed by atoms with Crippen molar-refractivity contribution in [3.05, 3.63) is 18.2 Å². The molecule has 1 aliphatic rings. The minimum absolute atomic E-state index is 0.0995. The zero-order chi connectivity index (χ0) is 13.9. The highest BCUT2D eigenvalue weighted by Crippen LogP contribution is 2.37. The summed E-state index contributed by atoms with van der Waals surface area (Å²) in [5.74, 6) is -0.255. The number of H-pyrrole nitrogens is 1. The predicted molar refractivity (Wildman–Crippen MR) is 66.6 cm³/mol. The molecule has 1 saturated carbocycles. The average Bonchev–Trinajstić information content (AvgIpc) is 2.89. The minimum Gasteiger partial charge on any atom is -0.347 e. The standard InChI is InChI=1S/C13H20F3N3/c1-2-11(12-17-7-8-18-12)19-10-5-3-9(4-6-10)13(14,15)16/h7-11,19H,2-6H2,1H3,(H,17,18). The van der Waals surface area contributed by atoms with Gasteiger partial charge in [0.2, 0.25) is 0 Å². The Kier molecular flexibility index (Phi) is 4.50. The third-order valence-corrected chi connectivity index (χ3v) is 3.88. The molecular weight excluding hydrogens is 255 g/mol. The van der Waals surface area contributed by atoms with E-state index in [4.69, 9.17) is 0 Å². The van der Waals surface area contributed by atoms with Crippen molar-refractivity contribution in [2.75, 3.05) is 0 Å². The first kappa shape index (κ1) is 14.4. The minimum atomic E-state index is -4.03. The molecule has 1 aromatic rings. The maximum atomic E-state index is 12.6. The van der Waals surface area contributed by atoms with E-state index >= 15 is 0 Å². The number of aromatic amines is 1. The van der Waals surface area contributed by atoms with E-state index in [9.17, 15) is 13.2 Å². The van der Waals surface area contributed by atoms with E-state index < -0.39 is 12.1 Å². The van der Waals surface area contributed by atoms with Crippen molar-refractivity contribution in [3.8, 4) is 0 Å². The molecule has 0 bridgehead atoms. The number of nitrogens with one attached hydrogen (secondary N) is 2. The summed E-state index contributed by atoms with van der Waals surface area (Å²) < 4.78 is 37.8. The van der Waals surface area contributed by atoms with E-state index in [0.717, 1.165) is 12.2 Å². The third-order valence-electron chi connectivity index (χ3n) is 3.88. The predicted octanol–water partition coefficient (Wildman–Crippen LogP) is 3.57. The van der Waals surface area contributed by atoms with Gasteiger partial charge in [-0.25, -0.2) is 4.98 Å². The van der Waals surface area contributed by atoms with Gasteiger partial charge in [0.25, 0.3) is 0 Å². The van der Waals surface area contributed by atoms with E-state index in [-0.39, 0.29) is 24.9 Å². The van der Waals surface area contributed by atoms with Gasteiger partial charge in [-0.1, -0.05) is 6.92 Å². The largest absolute Gasteiger partial charge is 0.391 e. The van der Waals surface area contributed by atoms with Gasteiger partial charge in [-0.3, -0.25) is 0 Å². The molecule has 1 unspecified atom stereocenters. The van der Waals surface area contributed by atoms with Gasteiger partial charge >= 0.3 is 6.18 Å². The maximum Gasteiger partial charge on any atom is 0.391 e. The number of hydrogen-bond donors (Lipinski definition) is 2. The van der Waals surface area contributed by atoms with Gasteiger partial charge in [-0.05, 0) is 32.1 Å². The van der Waals surface area contributed by atoms with Gasteiger partial charge in [-0.2, -0.15) is 13.2 Å². The second-order valence-electron chi connectivity index (χ2n) is 5.19. The molecule has 0 spiro atoms. The Hall–Kier alpha value is -1.04. The van der Waals surface area contributed by atoms with E-state index in [0.29, 0.717) is 12.8 Å². The summed E-state index contributed by atoms with van der Waals surface area (Å²) in [5.41, 5.74) is 0. The van der Waals surface area contributed by atoms with E-state index in [2.05, 4.69) is 15.3 Å². The summed E-state index contributed by atoms with van der Waals surface area (Å²) in [7, 11) is 0. The van der Waals surface area contributed by atoms with Crippen LogP contribution in [0.3, 0.4) is 0 Å². The summed E-state index contributed by atoms with van der Waals surface area (Å²) in [5, 5.41) is 3.42. The lowest BCUT2D eigenvalue weighted by atomic mass is 9.85. The molecule has 1 aromatic heterocycles. The number of alkyl halides is 3. The summed E-state index contributed by atoms with van der Waals surface area (Å²) in [6.07, 6.45) is 1.93. The third kappa shape index (κ3) is 3.72. The van der Waals surface area contributed by atoms with Crippen LogP contribution in [0.1, 0.15) is 50.9 Å². The molecule has 1 fully saturated rings. The van der Waals surface area contributed by atoms with Crippen LogP contribution < -0.4 is 5.32 Å². The van der Waals surface area contributed by atoms with Crippen molar-refractivity contribution >= 4 is 0 Å². The quantitative estimate of drug-likeness (QED) is 0.882. The van der Waals surface area contributed by atoms with Crippen LogP contribution >= 0.6 is 0 Å². The second kappa shape index (κ2) is 5.94. The number of hydrogen-bond acceptors (Lipinski definition) is 2. The Morgan fingerprint density at radius 3 is 2.53 bits per heavy atom. The molecule has 2 N–H and O–H groups in total. The molecule has 1 aliphatic carbocycles. The molecule has 0 radical (unpaired) electrons. The summed E-state index contributed by atoms with van der Waals surface area (Å²) in [4.78, 5) is 7.27. The smallest absolute Gasteiger partial charge is 0.347 e. The highest BCUT2D eigenvalue weighted by atomic mass is 19.4. The van der Waals surface area contributed by atoms with Crippen LogP contribution in [0.2, 0.25) is 0 Å². The topological polar surface area (TPSA) is 40.7 Å². The first-order valence-electron chi connectivity index (χ1n) is 6.82. The first-order valence-corrected chi connectivity index (χ1v) is 6.82. The molecule has 0 amide bonds. The van der Waals surface area contributed by atoms with Gasteiger partial charge in [0.05, 0.1) is 12.0 Å². The molecule has 3 nitrogen and oxygen atoms in total. The lowest BCUT2D eigenvalue weighted by molar-refractivity contribution is -0.182. The molecule has 1 atom stereocenters. The van der Waals surface area contributed by atoms with Crippen LogP contribution in [0.25, 0.3) is 0 Å². The molecular formula is C13H20F3N3. The highest BCUT2D eigenvalue weighted by molar-refractivity contribution is 4.96. The van der Waals surface area contributed by atoms with Crippen molar-refractivity contribution < 1.29 is 13.2 Å². The number of aromatic nitrogens is 2. The molecule has 0 aliphatic heterocycles. The normalized spacial score (nSPS) is 26.3. The van der Waals surface area contributed by atoms with E-state index in [1.54, 1.807) is 12.4 Å². The summed E-state index contributed by atoms with van der Waals surface area (Å²) in [6, 6.07) is 0.260. The lowest BCUT2D eigenvalue weighted by Gasteiger charge is -2.32. The first-order chi connectivity index (χ1) is 9.00. The van der Waals surface area contributed by atoms with Crippen LogP contribution in [0, 0.1) is 5.92 Å². The van der Waals surface area contributed by atoms with Crippen molar-refractivity contribution in [3.63, 3.8) is 0 Å². The molecule has 2 rings (SSSR count). The molecule has 1 heterocycles. The lowest BCUT2D eigenvalue weighted by Crippen LogP contribution is -2.39. The van der Waals surface area contributed by atoms with Crippen molar-refractivity contribution in [2.24, 2.45) is 5.92 Å². The molecule has 0 aromatic carbocycles. The maximum absolute atomic E-state index is 12.6. The van der Waals surface area contributed by atoms with E-state index in [1.165, 1.54) is 0 Å². The Labute approximate surface area is 111 Å². The second-order valence-corrected chi connectivity index (χ2v) is 5.19.